The standard InChI is InChI=1S/C19H24FN5S/c1-14-5-3-6-15(11-14)12-19(24-10-4-9-23-2)25(21)18-8-7-16(26-22)13-17(18)20/h3,5-8,11,13H,2,4,9-10,12,21-22H2,1H3. The molecule has 0 saturated heterocycles. The number of nitrogens with zero attached hydrogens (tertiary/aromatic N) is 3. The molecule has 0 amide bonds. The Morgan fingerprint density at radius 1 is 1.23 bits per heavy atom. The first-order chi connectivity index (χ1) is 12.5. The fourth-order valence-corrected chi connectivity index (χ4v) is 2.83. The van der Waals surface area contributed by atoms with E-state index in [0.717, 1.165) is 29.5 Å². The second-order valence-corrected chi connectivity index (χ2v) is 6.57. The van der Waals surface area contributed by atoms with Gasteiger partial charge >= 0.3 is 0 Å². The average molecular weight is 374 g/mol. The molecular weight excluding hydrogens is 349 g/mol. The van der Waals surface area contributed by atoms with Gasteiger partial charge in [-0.25, -0.2) is 10.2 Å². The summed E-state index contributed by atoms with van der Waals surface area (Å²) in [6.07, 6.45) is 1.27. The minimum Gasteiger partial charge on any atom is -0.301 e. The first kappa shape index (κ1) is 20.1. The maximum atomic E-state index is 14.4. The second-order valence-electron chi connectivity index (χ2n) is 5.87. The summed E-state index contributed by atoms with van der Waals surface area (Å²) >= 11 is 0.989. The van der Waals surface area contributed by atoms with Crippen molar-refractivity contribution in [2.45, 2.75) is 24.7 Å². The number of rotatable bonds is 8. The Morgan fingerprint density at radius 3 is 2.69 bits per heavy atom. The van der Waals surface area contributed by atoms with Crippen LogP contribution in [0.1, 0.15) is 17.5 Å². The molecule has 0 bridgehead atoms. The molecule has 0 aliphatic carbocycles. The van der Waals surface area contributed by atoms with Crippen molar-refractivity contribution in [2.24, 2.45) is 21.0 Å². The molecule has 2 aromatic carbocycles. The van der Waals surface area contributed by atoms with Crippen LogP contribution in [-0.2, 0) is 6.42 Å². The molecule has 138 valence electrons. The minimum absolute atomic E-state index is 0.260. The van der Waals surface area contributed by atoms with Crippen molar-refractivity contribution in [3.05, 3.63) is 59.4 Å². The van der Waals surface area contributed by atoms with Crippen molar-refractivity contribution in [3.8, 4) is 0 Å². The Bertz CT molecular complexity index is 778. The third kappa shape index (κ3) is 5.66. The van der Waals surface area contributed by atoms with Crippen LogP contribution in [-0.4, -0.2) is 25.6 Å². The lowest BCUT2D eigenvalue weighted by atomic mass is 10.1. The molecule has 4 N–H and O–H groups in total. The summed E-state index contributed by atoms with van der Waals surface area (Å²) in [6, 6.07) is 12.8. The Morgan fingerprint density at radius 2 is 2.04 bits per heavy atom. The van der Waals surface area contributed by atoms with Crippen LogP contribution in [0, 0.1) is 12.7 Å². The number of hydrogen-bond donors (Lipinski definition) is 2. The number of nitrogens with two attached hydrogens (primary N) is 2. The summed E-state index contributed by atoms with van der Waals surface area (Å²) in [5.41, 5.74) is 2.48. The summed E-state index contributed by atoms with van der Waals surface area (Å²) in [6.45, 7) is 6.67. The second kappa shape index (κ2) is 10.1. The predicted molar refractivity (Wildman–Crippen MR) is 109 cm³/mol. The number of hydrogen-bond acceptors (Lipinski definition) is 5. The van der Waals surface area contributed by atoms with E-state index in [-0.39, 0.29) is 5.69 Å². The fourth-order valence-electron chi connectivity index (χ4n) is 2.51. The Hall–Kier alpha value is -2.22. The van der Waals surface area contributed by atoms with Crippen LogP contribution in [0.2, 0.25) is 0 Å². The zero-order valence-electron chi connectivity index (χ0n) is 14.9. The SMILES string of the molecule is C=NCCCN=C(Cc1cccc(C)c1)N(N)c1ccc(SN)cc1F. The topological polar surface area (TPSA) is 80.0 Å². The summed E-state index contributed by atoms with van der Waals surface area (Å²) in [4.78, 5) is 9.04. The summed E-state index contributed by atoms with van der Waals surface area (Å²) < 4.78 is 14.4. The van der Waals surface area contributed by atoms with Gasteiger partial charge in [-0.1, -0.05) is 29.8 Å². The van der Waals surface area contributed by atoms with Gasteiger partial charge < -0.3 is 4.99 Å². The Kier molecular flexibility index (Phi) is 7.77. The molecule has 0 radical (unpaired) electrons. The van der Waals surface area contributed by atoms with Gasteiger partial charge in [-0.3, -0.25) is 15.1 Å². The average Bonchev–Trinajstić information content (AvgIpc) is 2.63. The smallest absolute Gasteiger partial charge is 0.149 e. The van der Waals surface area contributed by atoms with E-state index in [4.69, 9.17) is 11.0 Å². The monoisotopic (exact) mass is 373 g/mol. The van der Waals surface area contributed by atoms with E-state index >= 15 is 0 Å². The van der Waals surface area contributed by atoms with Crippen LogP contribution in [0.15, 0.2) is 57.3 Å². The van der Waals surface area contributed by atoms with E-state index < -0.39 is 5.82 Å². The fraction of sp³-hybridized carbons (Fsp3) is 0.263. The molecule has 0 aliphatic rings. The molecule has 7 heteroatoms. The van der Waals surface area contributed by atoms with E-state index in [1.165, 1.54) is 11.1 Å². The number of aliphatic imine (C=N–C) groups is 2. The summed E-state index contributed by atoms with van der Waals surface area (Å²) in [5, 5.41) is 6.79. The van der Waals surface area contributed by atoms with Gasteiger partial charge in [0.2, 0.25) is 0 Å². The molecule has 0 unspecified atom stereocenters. The molecular formula is C19H24FN5S. The van der Waals surface area contributed by atoms with E-state index in [9.17, 15) is 4.39 Å². The molecule has 0 atom stereocenters. The molecule has 26 heavy (non-hydrogen) atoms. The molecule has 5 nitrogen and oxygen atoms in total. The predicted octanol–water partition coefficient (Wildman–Crippen LogP) is 3.51. The molecule has 0 spiro atoms. The highest BCUT2D eigenvalue weighted by Gasteiger charge is 2.15. The molecule has 0 aliphatic heterocycles. The van der Waals surface area contributed by atoms with Crippen LogP contribution >= 0.6 is 11.9 Å². The van der Waals surface area contributed by atoms with E-state index in [1.807, 2.05) is 25.1 Å². The van der Waals surface area contributed by atoms with Crippen LogP contribution in [0.25, 0.3) is 0 Å². The van der Waals surface area contributed by atoms with Gasteiger partial charge in [-0.15, -0.1) is 0 Å². The van der Waals surface area contributed by atoms with Gasteiger partial charge in [0.1, 0.15) is 11.7 Å². The summed E-state index contributed by atoms with van der Waals surface area (Å²) in [7, 11) is 0. The third-order valence-corrected chi connectivity index (χ3v) is 4.33. The number of halogens is 1. The minimum atomic E-state index is -0.437. The Balaban J connectivity index is 2.28. The maximum Gasteiger partial charge on any atom is 0.149 e. The van der Waals surface area contributed by atoms with Gasteiger partial charge in [-0.2, -0.15) is 0 Å². The molecule has 0 heterocycles. The number of hydrazine groups is 1. The number of amidine groups is 1. The molecule has 2 aromatic rings. The van der Waals surface area contributed by atoms with Gasteiger partial charge in [0.05, 0.1) is 5.69 Å². The van der Waals surface area contributed by atoms with Crippen LogP contribution in [0.5, 0.6) is 0 Å². The summed E-state index contributed by atoms with van der Waals surface area (Å²) in [5.74, 6) is 6.37. The largest absolute Gasteiger partial charge is 0.301 e. The van der Waals surface area contributed by atoms with Crippen LogP contribution in [0.3, 0.4) is 0 Å². The van der Waals surface area contributed by atoms with Gasteiger partial charge in [0, 0.05) is 24.4 Å². The van der Waals surface area contributed by atoms with Crippen molar-refractivity contribution in [1.82, 2.24) is 0 Å². The van der Waals surface area contributed by atoms with Crippen molar-refractivity contribution < 1.29 is 4.39 Å². The van der Waals surface area contributed by atoms with Crippen molar-refractivity contribution in [3.63, 3.8) is 0 Å². The number of anilines is 1. The molecule has 0 aromatic heterocycles. The third-order valence-electron chi connectivity index (χ3n) is 3.81. The molecule has 0 saturated carbocycles. The lowest BCUT2D eigenvalue weighted by molar-refractivity contribution is 0.623. The van der Waals surface area contributed by atoms with Gasteiger partial charge in [0.15, 0.2) is 0 Å². The van der Waals surface area contributed by atoms with E-state index in [1.54, 1.807) is 12.1 Å². The van der Waals surface area contributed by atoms with Crippen molar-refractivity contribution >= 4 is 30.2 Å². The lowest BCUT2D eigenvalue weighted by Crippen LogP contribution is -2.39. The normalized spacial score (nSPS) is 11.5. The molecule has 0 fully saturated rings. The number of aryl methyl sites for hydroxylation is 1. The molecule has 2 rings (SSSR count). The Labute approximate surface area is 158 Å². The lowest BCUT2D eigenvalue weighted by Gasteiger charge is -2.22. The first-order valence-electron chi connectivity index (χ1n) is 8.27. The highest BCUT2D eigenvalue weighted by Crippen LogP contribution is 2.23. The van der Waals surface area contributed by atoms with E-state index in [0.29, 0.717) is 30.2 Å². The van der Waals surface area contributed by atoms with Crippen LogP contribution in [0.4, 0.5) is 10.1 Å². The maximum absolute atomic E-state index is 14.4. The highest BCUT2D eigenvalue weighted by atomic mass is 32.2. The zero-order valence-corrected chi connectivity index (χ0v) is 15.7. The van der Waals surface area contributed by atoms with Crippen molar-refractivity contribution in [1.29, 1.82) is 0 Å². The van der Waals surface area contributed by atoms with Gasteiger partial charge in [-0.05, 0) is 55.8 Å². The van der Waals surface area contributed by atoms with Gasteiger partial charge in [0.25, 0.3) is 0 Å². The van der Waals surface area contributed by atoms with E-state index in [2.05, 4.69) is 22.8 Å². The van der Waals surface area contributed by atoms with Crippen molar-refractivity contribution in [2.75, 3.05) is 18.1 Å². The zero-order chi connectivity index (χ0) is 18.9. The number of benzene rings is 2. The van der Waals surface area contributed by atoms with Crippen LogP contribution < -0.4 is 16.0 Å². The highest BCUT2D eigenvalue weighted by molar-refractivity contribution is 7.97. The first-order valence-corrected chi connectivity index (χ1v) is 9.15. The quantitative estimate of drug-likeness (QED) is 0.185.